The normalized spacial score (nSPS) is 13.9. The van der Waals surface area contributed by atoms with E-state index >= 15 is 0 Å². The molecule has 0 radical (unpaired) electrons. The van der Waals surface area contributed by atoms with Crippen LogP contribution in [0.3, 0.4) is 0 Å². The van der Waals surface area contributed by atoms with Crippen LogP contribution in [0.5, 0.6) is 0 Å². The largest absolute Gasteiger partial charge is 0.475 e. The molecule has 1 amide bonds. The zero-order valence-electron chi connectivity index (χ0n) is 10.7. The molecule has 0 spiro atoms. The molecular formula is C15H13NO4. The Kier molecular flexibility index (Phi) is 3.02. The fourth-order valence-electron chi connectivity index (χ4n) is 2.45. The predicted molar refractivity (Wildman–Crippen MR) is 72.1 cm³/mol. The van der Waals surface area contributed by atoms with E-state index < -0.39 is 5.97 Å². The fraction of sp³-hybridized carbons (Fsp3) is 0.200. The molecule has 0 aliphatic carbocycles. The molecule has 0 bridgehead atoms. The Hall–Kier alpha value is -2.56. The quantitative estimate of drug-likeness (QED) is 0.911. The summed E-state index contributed by atoms with van der Waals surface area (Å²) in [6, 6.07) is 10.4. The van der Waals surface area contributed by atoms with E-state index in [9.17, 15) is 9.59 Å². The van der Waals surface area contributed by atoms with E-state index in [0.717, 1.165) is 24.1 Å². The minimum absolute atomic E-state index is 0.0547. The summed E-state index contributed by atoms with van der Waals surface area (Å²) in [6.07, 6.45) is 1.83. The SMILES string of the molecule is O=C(O)c1ccc(C(=O)N2CCCc3ccccc32)o1. The molecule has 1 aliphatic rings. The molecule has 2 heterocycles. The Morgan fingerprint density at radius 1 is 1.10 bits per heavy atom. The van der Waals surface area contributed by atoms with Crippen LogP contribution >= 0.6 is 0 Å². The minimum Gasteiger partial charge on any atom is -0.475 e. The number of furan rings is 1. The van der Waals surface area contributed by atoms with Crippen molar-refractivity contribution in [1.29, 1.82) is 0 Å². The number of nitrogens with zero attached hydrogens (tertiary/aromatic N) is 1. The molecule has 1 N–H and O–H groups in total. The van der Waals surface area contributed by atoms with E-state index in [0.29, 0.717) is 6.54 Å². The van der Waals surface area contributed by atoms with Crippen LogP contribution in [-0.4, -0.2) is 23.5 Å². The first-order valence-corrected chi connectivity index (χ1v) is 6.40. The van der Waals surface area contributed by atoms with Crippen molar-refractivity contribution in [2.24, 2.45) is 0 Å². The second-order valence-electron chi connectivity index (χ2n) is 4.66. The zero-order valence-corrected chi connectivity index (χ0v) is 10.7. The summed E-state index contributed by atoms with van der Waals surface area (Å²) in [5, 5.41) is 8.83. The Balaban J connectivity index is 1.93. The molecule has 2 aromatic rings. The maximum Gasteiger partial charge on any atom is 0.371 e. The van der Waals surface area contributed by atoms with E-state index in [1.165, 1.54) is 12.1 Å². The van der Waals surface area contributed by atoms with Crippen molar-refractivity contribution in [3.8, 4) is 0 Å². The average Bonchev–Trinajstić information content (AvgIpc) is 2.96. The van der Waals surface area contributed by atoms with Crippen LogP contribution in [0.15, 0.2) is 40.8 Å². The third kappa shape index (κ3) is 2.07. The molecule has 1 aliphatic heterocycles. The number of aromatic carboxylic acids is 1. The molecule has 3 rings (SSSR count). The second-order valence-corrected chi connectivity index (χ2v) is 4.66. The Labute approximate surface area is 115 Å². The Bertz CT molecular complexity index is 674. The van der Waals surface area contributed by atoms with Crippen molar-refractivity contribution in [2.75, 3.05) is 11.4 Å². The molecule has 1 aromatic heterocycles. The zero-order chi connectivity index (χ0) is 14.1. The lowest BCUT2D eigenvalue weighted by molar-refractivity contribution is 0.0660. The lowest BCUT2D eigenvalue weighted by Gasteiger charge is -2.28. The predicted octanol–water partition coefficient (Wildman–Crippen LogP) is 2.57. The third-order valence-corrected chi connectivity index (χ3v) is 3.38. The molecule has 0 fully saturated rings. The van der Waals surface area contributed by atoms with Crippen LogP contribution < -0.4 is 4.90 Å². The van der Waals surface area contributed by atoms with Gasteiger partial charge >= 0.3 is 5.97 Å². The molecule has 20 heavy (non-hydrogen) atoms. The molecule has 5 heteroatoms. The van der Waals surface area contributed by atoms with Crippen LogP contribution in [0.4, 0.5) is 5.69 Å². The number of para-hydroxylation sites is 1. The maximum absolute atomic E-state index is 12.4. The van der Waals surface area contributed by atoms with E-state index in [1.54, 1.807) is 4.90 Å². The number of anilines is 1. The second kappa shape index (κ2) is 4.85. The smallest absolute Gasteiger partial charge is 0.371 e. The Morgan fingerprint density at radius 2 is 1.85 bits per heavy atom. The van der Waals surface area contributed by atoms with Crippen molar-refractivity contribution >= 4 is 17.6 Å². The van der Waals surface area contributed by atoms with Crippen molar-refractivity contribution in [3.63, 3.8) is 0 Å². The molecule has 5 nitrogen and oxygen atoms in total. The van der Waals surface area contributed by atoms with Crippen LogP contribution in [-0.2, 0) is 6.42 Å². The maximum atomic E-state index is 12.4. The van der Waals surface area contributed by atoms with Gasteiger partial charge in [-0.25, -0.2) is 4.79 Å². The molecule has 0 saturated heterocycles. The summed E-state index contributed by atoms with van der Waals surface area (Å²) in [5.74, 6) is -1.65. The Morgan fingerprint density at radius 3 is 2.60 bits per heavy atom. The highest BCUT2D eigenvalue weighted by atomic mass is 16.4. The highest BCUT2D eigenvalue weighted by molar-refractivity contribution is 6.05. The van der Waals surface area contributed by atoms with Gasteiger partial charge in [-0.3, -0.25) is 4.79 Å². The number of amides is 1. The number of carbonyl (C=O) groups is 2. The lowest BCUT2D eigenvalue weighted by atomic mass is 10.0. The van der Waals surface area contributed by atoms with Crippen LogP contribution in [0, 0.1) is 0 Å². The first kappa shape index (κ1) is 12.5. The summed E-state index contributed by atoms with van der Waals surface area (Å²) in [6.45, 7) is 0.610. The molecule has 0 atom stereocenters. The van der Waals surface area contributed by atoms with Gasteiger partial charge in [0.2, 0.25) is 5.76 Å². The van der Waals surface area contributed by atoms with Crippen LogP contribution in [0.1, 0.15) is 33.1 Å². The van der Waals surface area contributed by atoms with Gasteiger partial charge in [0, 0.05) is 12.2 Å². The van der Waals surface area contributed by atoms with Gasteiger partial charge in [-0.1, -0.05) is 18.2 Å². The van der Waals surface area contributed by atoms with Gasteiger partial charge in [-0.05, 0) is 36.6 Å². The number of benzene rings is 1. The molecule has 1 aromatic carbocycles. The summed E-state index contributed by atoms with van der Waals surface area (Å²) >= 11 is 0. The fourth-order valence-corrected chi connectivity index (χ4v) is 2.45. The monoisotopic (exact) mass is 271 g/mol. The van der Waals surface area contributed by atoms with Gasteiger partial charge in [0.15, 0.2) is 5.76 Å². The molecule has 0 saturated carbocycles. The third-order valence-electron chi connectivity index (χ3n) is 3.38. The molecule has 102 valence electrons. The number of carboxylic acids is 1. The van der Waals surface area contributed by atoms with Gasteiger partial charge in [-0.15, -0.1) is 0 Å². The van der Waals surface area contributed by atoms with E-state index in [-0.39, 0.29) is 17.4 Å². The van der Waals surface area contributed by atoms with Gasteiger partial charge in [0.05, 0.1) is 0 Å². The van der Waals surface area contributed by atoms with Gasteiger partial charge in [0.1, 0.15) is 0 Å². The van der Waals surface area contributed by atoms with Gasteiger partial charge < -0.3 is 14.4 Å². The highest BCUT2D eigenvalue weighted by Crippen LogP contribution is 2.28. The summed E-state index contributed by atoms with van der Waals surface area (Å²) in [5.41, 5.74) is 1.99. The van der Waals surface area contributed by atoms with Crippen LogP contribution in [0.2, 0.25) is 0 Å². The first-order valence-electron chi connectivity index (χ1n) is 6.40. The standard InChI is InChI=1S/C15H13NO4/c17-14(12-7-8-13(20-12)15(18)19)16-9-3-5-10-4-1-2-6-11(10)16/h1-2,4,6-8H,3,5,9H2,(H,18,19). The topological polar surface area (TPSA) is 70.8 Å². The number of aryl methyl sites for hydroxylation is 1. The number of rotatable bonds is 2. The number of hydrogen-bond acceptors (Lipinski definition) is 3. The first-order chi connectivity index (χ1) is 9.66. The number of hydrogen-bond donors (Lipinski definition) is 1. The van der Waals surface area contributed by atoms with Gasteiger partial charge in [-0.2, -0.15) is 0 Å². The van der Waals surface area contributed by atoms with E-state index in [4.69, 9.17) is 9.52 Å². The summed E-state index contributed by atoms with van der Waals surface area (Å²) in [4.78, 5) is 24.9. The number of carboxylic acid groups (broad SMARTS) is 1. The highest BCUT2D eigenvalue weighted by Gasteiger charge is 2.26. The number of carbonyl (C=O) groups excluding carboxylic acids is 1. The summed E-state index contributed by atoms with van der Waals surface area (Å²) < 4.78 is 5.08. The molecular weight excluding hydrogens is 258 g/mol. The van der Waals surface area contributed by atoms with Gasteiger partial charge in [0.25, 0.3) is 5.91 Å². The van der Waals surface area contributed by atoms with E-state index in [1.807, 2.05) is 24.3 Å². The molecule has 0 unspecified atom stereocenters. The van der Waals surface area contributed by atoms with E-state index in [2.05, 4.69) is 0 Å². The van der Waals surface area contributed by atoms with Crippen molar-refractivity contribution in [1.82, 2.24) is 0 Å². The van der Waals surface area contributed by atoms with Crippen LogP contribution in [0.25, 0.3) is 0 Å². The van der Waals surface area contributed by atoms with Crippen molar-refractivity contribution in [2.45, 2.75) is 12.8 Å². The lowest BCUT2D eigenvalue weighted by Crippen LogP contribution is -2.35. The van der Waals surface area contributed by atoms with Crippen molar-refractivity contribution < 1.29 is 19.1 Å². The average molecular weight is 271 g/mol. The number of fused-ring (bicyclic) bond motifs is 1. The minimum atomic E-state index is -1.18. The summed E-state index contributed by atoms with van der Waals surface area (Å²) in [7, 11) is 0. The van der Waals surface area contributed by atoms with Crippen molar-refractivity contribution in [3.05, 3.63) is 53.5 Å².